The van der Waals surface area contributed by atoms with Gasteiger partial charge in [-0.05, 0) is 12.3 Å². The summed E-state index contributed by atoms with van der Waals surface area (Å²) < 4.78 is 0. The quantitative estimate of drug-likeness (QED) is 0.633. The standard InChI is InChI=1S/C13H25NO3/c1-4-5-6-7-8-12(15)14(9-11(2)3)10-13(16)17/h11H,4-10H2,1-3H3,(H,16,17). The molecule has 0 aromatic heterocycles. The summed E-state index contributed by atoms with van der Waals surface area (Å²) in [6, 6.07) is 0. The molecule has 4 nitrogen and oxygen atoms in total. The minimum Gasteiger partial charge on any atom is -0.480 e. The Balaban J connectivity index is 4.08. The van der Waals surface area contributed by atoms with Crippen molar-refractivity contribution in [3.63, 3.8) is 0 Å². The maximum atomic E-state index is 11.8. The van der Waals surface area contributed by atoms with Crippen LogP contribution in [0.25, 0.3) is 0 Å². The molecule has 0 unspecified atom stereocenters. The van der Waals surface area contributed by atoms with Crippen molar-refractivity contribution in [2.75, 3.05) is 13.1 Å². The Labute approximate surface area is 104 Å². The van der Waals surface area contributed by atoms with Crippen molar-refractivity contribution in [2.45, 2.75) is 52.9 Å². The van der Waals surface area contributed by atoms with Crippen molar-refractivity contribution in [3.05, 3.63) is 0 Å². The van der Waals surface area contributed by atoms with Crippen molar-refractivity contribution in [1.29, 1.82) is 0 Å². The summed E-state index contributed by atoms with van der Waals surface area (Å²) in [5.41, 5.74) is 0. The van der Waals surface area contributed by atoms with Gasteiger partial charge in [0, 0.05) is 13.0 Å². The van der Waals surface area contributed by atoms with Crippen LogP contribution in [0.3, 0.4) is 0 Å². The summed E-state index contributed by atoms with van der Waals surface area (Å²) in [5, 5.41) is 8.76. The van der Waals surface area contributed by atoms with E-state index in [9.17, 15) is 9.59 Å². The van der Waals surface area contributed by atoms with Crippen LogP contribution in [-0.2, 0) is 9.59 Å². The lowest BCUT2D eigenvalue weighted by atomic mass is 10.1. The highest BCUT2D eigenvalue weighted by molar-refractivity contribution is 5.81. The van der Waals surface area contributed by atoms with Gasteiger partial charge in [0.2, 0.25) is 5.91 Å². The van der Waals surface area contributed by atoms with Crippen LogP contribution in [0.15, 0.2) is 0 Å². The van der Waals surface area contributed by atoms with Crippen molar-refractivity contribution in [3.8, 4) is 0 Å². The number of carbonyl (C=O) groups excluding carboxylic acids is 1. The normalized spacial score (nSPS) is 10.6. The molecule has 0 saturated heterocycles. The van der Waals surface area contributed by atoms with Crippen molar-refractivity contribution < 1.29 is 14.7 Å². The van der Waals surface area contributed by atoms with E-state index in [0.29, 0.717) is 18.9 Å². The number of unbranched alkanes of at least 4 members (excludes halogenated alkanes) is 3. The highest BCUT2D eigenvalue weighted by Gasteiger charge is 2.17. The zero-order valence-corrected chi connectivity index (χ0v) is 11.2. The molecule has 0 aliphatic rings. The van der Waals surface area contributed by atoms with Gasteiger partial charge in [0.25, 0.3) is 0 Å². The minimum absolute atomic E-state index is 0.0304. The Bertz CT molecular complexity index is 239. The third-order valence-electron chi connectivity index (χ3n) is 2.51. The Morgan fingerprint density at radius 2 is 1.82 bits per heavy atom. The molecule has 0 bridgehead atoms. The second-order valence-electron chi connectivity index (χ2n) is 4.87. The molecule has 0 rings (SSSR count). The fourth-order valence-electron chi connectivity index (χ4n) is 1.72. The van der Waals surface area contributed by atoms with E-state index < -0.39 is 5.97 Å². The summed E-state index contributed by atoms with van der Waals surface area (Å²) in [7, 11) is 0. The largest absolute Gasteiger partial charge is 0.480 e. The highest BCUT2D eigenvalue weighted by Crippen LogP contribution is 2.07. The van der Waals surface area contributed by atoms with Gasteiger partial charge < -0.3 is 10.0 Å². The number of nitrogens with zero attached hydrogens (tertiary/aromatic N) is 1. The number of carboxylic acid groups (broad SMARTS) is 1. The maximum Gasteiger partial charge on any atom is 0.323 e. The molecule has 4 heteroatoms. The van der Waals surface area contributed by atoms with Crippen LogP contribution in [0.1, 0.15) is 52.9 Å². The first-order valence-corrected chi connectivity index (χ1v) is 6.47. The first-order valence-electron chi connectivity index (χ1n) is 6.47. The summed E-state index contributed by atoms with van der Waals surface area (Å²) in [6.45, 7) is 6.44. The van der Waals surface area contributed by atoms with Gasteiger partial charge in [0.15, 0.2) is 0 Å². The van der Waals surface area contributed by atoms with Gasteiger partial charge in [0.05, 0.1) is 0 Å². The summed E-state index contributed by atoms with van der Waals surface area (Å²) in [6.07, 6.45) is 4.65. The van der Waals surface area contributed by atoms with Crippen molar-refractivity contribution >= 4 is 11.9 Å². The molecule has 0 aliphatic carbocycles. The predicted octanol–water partition coefficient (Wildman–Crippen LogP) is 2.53. The summed E-state index contributed by atoms with van der Waals surface area (Å²) >= 11 is 0. The van der Waals surface area contributed by atoms with Gasteiger partial charge in [0.1, 0.15) is 6.54 Å². The number of aliphatic carboxylic acids is 1. The van der Waals surface area contributed by atoms with E-state index >= 15 is 0 Å². The molecule has 0 radical (unpaired) electrons. The van der Waals surface area contributed by atoms with Gasteiger partial charge in [-0.15, -0.1) is 0 Å². The molecule has 0 spiro atoms. The molecule has 0 aromatic carbocycles. The van der Waals surface area contributed by atoms with Gasteiger partial charge in [-0.1, -0.05) is 40.0 Å². The lowest BCUT2D eigenvalue weighted by Crippen LogP contribution is -2.38. The van der Waals surface area contributed by atoms with Crippen molar-refractivity contribution in [2.24, 2.45) is 5.92 Å². The molecule has 0 heterocycles. The molecular formula is C13H25NO3. The first-order chi connectivity index (χ1) is 7.97. The van der Waals surface area contributed by atoms with Gasteiger partial charge >= 0.3 is 5.97 Å². The molecule has 1 amide bonds. The number of carbonyl (C=O) groups is 2. The van der Waals surface area contributed by atoms with Gasteiger partial charge in [-0.25, -0.2) is 0 Å². The number of carboxylic acids is 1. The number of amides is 1. The van der Waals surface area contributed by atoms with Crippen LogP contribution in [-0.4, -0.2) is 35.0 Å². The predicted molar refractivity (Wildman–Crippen MR) is 67.8 cm³/mol. The Morgan fingerprint density at radius 3 is 2.29 bits per heavy atom. The topological polar surface area (TPSA) is 57.6 Å². The number of hydrogen-bond acceptors (Lipinski definition) is 2. The summed E-state index contributed by atoms with van der Waals surface area (Å²) in [5.74, 6) is -0.668. The van der Waals surface area contributed by atoms with E-state index in [-0.39, 0.29) is 12.5 Å². The third-order valence-corrected chi connectivity index (χ3v) is 2.51. The number of rotatable bonds is 9. The second kappa shape index (κ2) is 9.02. The Hall–Kier alpha value is -1.06. The van der Waals surface area contributed by atoms with Crippen molar-refractivity contribution in [1.82, 2.24) is 4.90 Å². The smallest absolute Gasteiger partial charge is 0.323 e. The molecule has 0 atom stereocenters. The molecule has 100 valence electrons. The second-order valence-corrected chi connectivity index (χ2v) is 4.87. The monoisotopic (exact) mass is 243 g/mol. The zero-order chi connectivity index (χ0) is 13.3. The lowest BCUT2D eigenvalue weighted by Gasteiger charge is -2.22. The lowest BCUT2D eigenvalue weighted by molar-refractivity contribution is -0.144. The van der Waals surface area contributed by atoms with E-state index in [1.807, 2.05) is 13.8 Å². The van der Waals surface area contributed by atoms with Crippen LogP contribution in [0.5, 0.6) is 0 Å². The average Bonchev–Trinajstić information content (AvgIpc) is 2.22. The van der Waals surface area contributed by atoms with E-state index in [0.717, 1.165) is 25.7 Å². The molecule has 0 aliphatic heterocycles. The van der Waals surface area contributed by atoms with Gasteiger partial charge in [-0.2, -0.15) is 0 Å². The van der Waals surface area contributed by atoms with E-state index in [2.05, 4.69) is 6.92 Å². The van der Waals surface area contributed by atoms with E-state index in [1.54, 1.807) is 0 Å². The van der Waals surface area contributed by atoms with Crippen LogP contribution in [0, 0.1) is 5.92 Å². The minimum atomic E-state index is -0.937. The molecule has 0 saturated carbocycles. The maximum absolute atomic E-state index is 11.8. The molecule has 0 aromatic rings. The average molecular weight is 243 g/mol. The molecular weight excluding hydrogens is 218 g/mol. The fraction of sp³-hybridized carbons (Fsp3) is 0.846. The zero-order valence-electron chi connectivity index (χ0n) is 11.2. The Kier molecular flexibility index (Phi) is 8.46. The summed E-state index contributed by atoms with van der Waals surface area (Å²) in [4.78, 5) is 24.0. The third kappa shape index (κ3) is 8.72. The van der Waals surface area contributed by atoms with Crippen LogP contribution < -0.4 is 0 Å². The highest BCUT2D eigenvalue weighted by atomic mass is 16.4. The first kappa shape index (κ1) is 15.9. The van der Waals surface area contributed by atoms with Crippen LogP contribution in [0.2, 0.25) is 0 Å². The molecule has 1 N–H and O–H groups in total. The SMILES string of the molecule is CCCCCCC(=O)N(CC(=O)O)CC(C)C. The Morgan fingerprint density at radius 1 is 1.18 bits per heavy atom. The fourth-order valence-corrected chi connectivity index (χ4v) is 1.72. The van der Waals surface area contributed by atoms with E-state index in [4.69, 9.17) is 5.11 Å². The van der Waals surface area contributed by atoms with Crippen LogP contribution in [0.4, 0.5) is 0 Å². The molecule has 0 fully saturated rings. The van der Waals surface area contributed by atoms with Crippen LogP contribution >= 0.6 is 0 Å². The van der Waals surface area contributed by atoms with Gasteiger partial charge in [-0.3, -0.25) is 9.59 Å². The molecule has 17 heavy (non-hydrogen) atoms. The number of hydrogen-bond donors (Lipinski definition) is 1. The van der Waals surface area contributed by atoms with E-state index in [1.165, 1.54) is 4.90 Å².